The molecule has 1 aliphatic heterocycles. The van der Waals surface area contributed by atoms with Crippen LogP contribution >= 0.6 is 11.6 Å². The maximum absolute atomic E-state index is 13.4. The van der Waals surface area contributed by atoms with Crippen LogP contribution in [0.25, 0.3) is 10.9 Å². The second-order valence-electron chi connectivity index (χ2n) is 8.08. The van der Waals surface area contributed by atoms with Crippen LogP contribution in [0, 0.1) is 0 Å². The Morgan fingerprint density at radius 2 is 1.76 bits per heavy atom. The van der Waals surface area contributed by atoms with Crippen LogP contribution in [0.5, 0.6) is 0 Å². The number of piperazine rings is 1. The standard InChI is InChI=1S/C23H27ClF3N7/c1-2-33-10-12-34(13-11-33)21-15-20(23(25,26)27)31-22(32-21)30-8-3-7-28-18-6-9-29-19-14-16(24)4-5-17(18)19/h4-6,9,14-15H,2-3,7-8,10-13H2,1H3,(H,28,29)(H,30,31,32). The van der Waals surface area contributed by atoms with Crippen molar-refractivity contribution in [2.75, 3.05) is 61.3 Å². The number of hydrogen-bond acceptors (Lipinski definition) is 7. The average molecular weight is 494 g/mol. The molecular weight excluding hydrogens is 467 g/mol. The van der Waals surface area contributed by atoms with Crippen molar-refractivity contribution in [3.63, 3.8) is 0 Å². The first-order valence-corrected chi connectivity index (χ1v) is 11.7. The average Bonchev–Trinajstić information content (AvgIpc) is 2.83. The summed E-state index contributed by atoms with van der Waals surface area (Å²) >= 11 is 6.03. The van der Waals surface area contributed by atoms with Crippen LogP contribution < -0.4 is 15.5 Å². The molecule has 1 aromatic carbocycles. The third kappa shape index (κ3) is 5.98. The van der Waals surface area contributed by atoms with E-state index in [9.17, 15) is 13.2 Å². The van der Waals surface area contributed by atoms with Crippen molar-refractivity contribution in [3.05, 3.63) is 47.2 Å². The highest BCUT2D eigenvalue weighted by atomic mass is 35.5. The molecule has 0 saturated carbocycles. The van der Waals surface area contributed by atoms with Crippen molar-refractivity contribution in [1.82, 2.24) is 19.9 Å². The molecule has 1 fully saturated rings. The normalized spacial score (nSPS) is 15.0. The Morgan fingerprint density at radius 1 is 1.00 bits per heavy atom. The highest BCUT2D eigenvalue weighted by Gasteiger charge is 2.34. The van der Waals surface area contributed by atoms with E-state index >= 15 is 0 Å². The smallest absolute Gasteiger partial charge is 0.384 e. The minimum atomic E-state index is -4.54. The van der Waals surface area contributed by atoms with Crippen molar-refractivity contribution in [3.8, 4) is 0 Å². The molecule has 1 saturated heterocycles. The molecule has 2 aromatic heterocycles. The molecule has 0 radical (unpaired) electrons. The van der Waals surface area contributed by atoms with Gasteiger partial charge in [-0.15, -0.1) is 0 Å². The van der Waals surface area contributed by atoms with Gasteiger partial charge < -0.3 is 20.4 Å². The Hall–Kier alpha value is -2.85. The summed E-state index contributed by atoms with van der Waals surface area (Å²) in [6.07, 6.45) is -2.18. The van der Waals surface area contributed by atoms with E-state index in [0.29, 0.717) is 43.4 Å². The lowest BCUT2D eigenvalue weighted by atomic mass is 10.2. The number of fused-ring (bicyclic) bond motifs is 1. The van der Waals surface area contributed by atoms with Gasteiger partial charge in [0.1, 0.15) is 5.82 Å². The fourth-order valence-corrected chi connectivity index (χ4v) is 4.07. The molecule has 0 atom stereocenters. The van der Waals surface area contributed by atoms with Crippen molar-refractivity contribution >= 4 is 40.0 Å². The number of halogens is 4. The lowest BCUT2D eigenvalue weighted by Gasteiger charge is -2.35. The van der Waals surface area contributed by atoms with Gasteiger partial charge in [-0.25, -0.2) is 4.98 Å². The first kappa shape index (κ1) is 24.3. The molecule has 3 heterocycles. The highest BCUT2D eigenvalue weighted by molar-refractivity contribution is 6.31. The van der Waals surface area contributed by atoms with Crippen molar-refractivity contribution in [2.24, 2.45) is 0 Å². The molecule has 1 aliphatic rings. The largest absolute Gasteiger partial charge is 0.433 e. The Kier molecular flexibility index (Phi) is 7.57. The summed E-state index contributed by atoms with van der Waals surface area (Å²) in [7, 11) is 0. The number of pyridine rings is 1. The predicted octanol–water partition coefficient (Wildman–Crippen LogP) is 4.75. The first-order valence-electron chi connectivity index (χ1n) is 11.3. The van der Waals surface area contributed by atoms with E-state index in [-0.39, 0.29) is 5.95 Å². The van der Waals surface area contributed by atoms with Gasteiger partial charge in [-0.3, -0.25) is 4.98 Å². The summed E-state index contributed by atoms with van der Waals surface area (Å²) in [5, 5.41) is 7.88. The van der Waals surface area contributed by atoms with E-state index < -0.39 is 11.9 Å². The van der Waals surface area contributed by atoms with Crippen LogP contribution in [0.4, 0.5) is 30.6 Å². The fraction of sp³-hybridized carbons (Fsp3) is 0.435. The third-order valence-corrected chi connectivity index (χ3v) is 6.04. The second-order valence-corrected chi connectivity index (χ2v) is 8.52. The Labute approximate surface area is 201 Å². The van der Waals surface area contributed by atoms with Crippen LogP contribution in [0.1, 0.15) is 19.0 Å². The van der Waals surface area contributed by atoms with Gasteiger partial charge in [0.15, 0.2) is 5.69 Å². The lowest BCUT2D eigenvalue weighted by molar-refractivity contribution is -0.141. The summed E-state index contributed by atoms with van der Waals surface area (Å²) in [4.78, 5) is 16.5. The van der Waals surface area contributed by atoms with Crippen molar-refractivity contribution < 1.29 is 13.2 Å². The molecule has 4 rings (SSSR count). The quantitative estimate of drug-likeness (QED) is 0.439. The number of benzene rings is 1. The zero-order valence-corrected chi connectivity index (χ0v) is 19.6. The number of alkyl halides is 3. The SMILES string of the molecule is CCN1CCN(c2cc(C(F)(F)F)nc(NCCCNc3ccnc4cc(Cl)ccc34)n2)CC1. The van der Waals surface area contributed by atoms with E-state index in [0.717, 1.165) is 42.3 Å². The molecule has 0 bridgehead atoms. The molecule has 3 aromatic rings. The van der Waals surface area contributed by atoms with Gasteiger partial charge in [-0.05, 0) is 37.2 Å². The monoisotopic (exact) mass is 493 g/mol. The minimum Gasteiger partial charge on any atom is -0.384 e. The Bertz CT molecular complexity index is 1120. The van der Waals surface area contributed by atoms with Gasteiger partial charge in [0.2, 0.25) is 5.95 Å². The molecular formula is C23H27ClF3N7. The molecule has 0 aliphatic carbocycles. The maximum atomic E-state index is 13.4. The van der Waals surface area contributed by atoms with Gasteiger partial charge in [0, 0.05) is 67.6 Å². The van der Waals surface area contributed by atoms with Gasteiger partial charge in [-0.1, -0.05) is 18.5 Å². The van der Waals surface area contributed by atoms with E-state index in [1.165, 1.54) is 0 Å². The van der Waals surface area contributed by atoms with E-state index in [4.69, 9.17) is 11.6 Å². The minimum absolute atomic E-state index is 0.00764. The maximum Gasteiger partial charge on any atom is 0.433 e. The number of rotatable bonds is 8. The molecule has 7 nitrogen and oxygen atoms in total. The van der Waals surface area contributed by atoms with Crippen molar-refractivity contribution in [1.29, 1.82) is 0 Å². The molecule has 0 unspecified atom stereocenters. The zero-order chi connectivity index (χ0) is 24.1. The summed E-state index contributed by atoms with van der Waals surface area (Å²) < 4.78 is 40.3. The van der Waals surface area contributed by atoms with E-state index in [2.05, 4.69) is 37.4 Å². The molecule has 34 heavy (non-hydrogen) atoms. The summed E-state index contributed by atoms with van der Waals surface area (Å²) in [5.74, 6) is 0.298. The topological polar surface area (TPSA) is 69.2 Å². The van der Waals surface area contributed by atoms with Gasteiger partial charge >= 0.3 is 6.18 Å². The van der Waals surface area contributed by atoms with Crippen molar-refractivity contribution in [2.45, 2.75) is 19.5 Å². The van der Waals surface area contributed by atoms with Gasteiger partial charge in [0.05, 0.1) is 5.52 Å². The van der Waals surface area contributed by atoms with Crippen LogP contribution in [-0.4, -0.2) is 65.7 Å². The Morgan fingerprint density at radius 3 is 2.50 bits per heavy atom. The lowest BCUT2D eigenvalue weighted by Crippen LogP contribution is -2.46. The molecule has 0 spiro atoms. The number of aromatic nitrogens is 3. The highest BCUT2D eigenvalue weighted by Crippen LogP contribution is 2.31. The van der Waals surface area contributed by atoms with Crippen LogP contribution in [0.2, 0.25) is 5.02 Å². The third-order valence-electron chi connectivity index (χ3n) is 5.80. The van der Waals surface area contributed by atoms with Gasteiger partial charge in [0.25, 0.3) is 0 Å². The number of nitrogens with one attached hydrogen (secondary N) is 2. The number of nitrogens with zero attached hydrogens (tertiary/aromatic N) is 5. The molecule has 2 N–H and O–H groups in total. The molecule has 182 valence electrons. The summed E-state index contributed by atoms with van der Waals surface area (Å²) in [6.45, 7) is 6.90. The Balaban J connectivity index is 1.37. The summed E-state index contributed by atoms with van der Waals surface area (Å²) in [5.41, 5.74) is 0.781. The molecule has 11 heteroatoms. The predicted molar refractivity (Wildman–Crippen MR) is 130 cm³/mol. The van der Waals surface area contributed by atoms with Crippen LogP contribution in [0.15, 0.2) is 36.5 Å². The van der Waals surface area contributed by atoms with E-state index in [1.54, 1.807) is 12.3 Å². The zero-order valence-electron chi connectivity index (χ0n) is 18.9. The summed E-state index contributed by atoms with van der Waals surface area (Å²) in [6, 6.07) is 8.43. The number of anilines is 3. The van der Waals surface area contributed by atoms with Crippen LogP contribution in [-0.2, 0) is 6.18 Å². The first-order chi connectivity index (χ1) is 16.3. The second kappa shape index (κ2) is 10.6. The van der Waals surface area contributed by atoms with Crippen LogP contribution in [0.3, 0.4) is 0 Å². The number of likely N-dealkylation sites (N-methyl/N-ethyl adjacent to an activating group) is 1. The fourth-order valence-electron chi connectivity index (χ4n) is 3.90. The van der Waals surface area contributed by atoms with E-state index in [1.807, 2.05) is 23.1 Å². The number of hydrogen-bond donors (Lipinski definition) is 2. The van der Waals surface area contributed by atoms with Gasteiger partial charge in [-0.2, -0.15) is 18.2 Å². The molecule has 0 amide bonds.